The van der Waals surface area contributed by atoms with E-state index in [0.29, 0.717) is 0 Å². The lowest BCUT2D eigenvalue weighted by Crippen LogP contribution is -2.16. The fourth-order valence-electron chi connectivity index (χ4n) is 4.96. The Bertz CT molecular complexity index is 1400. The zero-order valence-electron chi connectivity index (χ0n) is 20.0. The number of carbonyl (C=O) groups excluding carboxylic acids is 1. The number of Topliss-reactive ketones (excluding diaryl/α,β-unsaturated/α-hetero) is 1. The normalized spacial score (nSPS) is 12.2. The Labute approximate surface area is 195 Å². The van der Waals surface area contributed by atoms with Crippen molar-refractivity contribution in [2.75, 3.05) is 0 Å². The van der Waals surface area contributed by atoms with E-state index in [1.54, 1.807) is 0 Å². The number of hydrogen-bond acceptors (Lipinski definition) is 1. The maximum Gasteiger partial charge on any atom is 0.174 e. The number of para-hydroxylation sites is 2. The van der Waals surface area contributed by atoms with E-state index >= 15 is 0 Å². The molecule has 2 heterocycles. The predicted octanol–water partition coefficient (Wildman–Crippen LogP) is 6.98. The standard InChI is InChI=1S/C30H30N2O/c1-30(2,3)21-16-14-20(15-17-21)29(33)28(24-18-31(4)26-12-8-6-10-22(24)26)25-19-32(5)27-13-9-7-11-23(25)27/h6-19,28H,1-5H3. The summed E-state index contributed by atoms with van der Waals surface area (Å²) in [5.74, 6) is -0.258. The van der Waals surface area contributed by atoms with E-state index in [0.717, 1.165) is 38.5 Å². The third-order valence-electron chi connectivity index (χ3n) is 6.78. The third kappa shape index (κ3) is 3.58. The molecule has 0 N–H and O–H groups in total. The van der Waals surface area contributed by atoms with Crippen molar-refractivity contribution in [1.29, 1.82) is 0 Å². The molecule has 0 saturated heterocycles. The lowest BCUT2D eigenvalue weighted by atomic mass is 9.82. The Kier molecular flexibility index (Phi) is 5.01. The van der Waals surface area contributed by atoms with Gasteiger partial charge in [-0.15, -0.1) is 0 Å². The number of ketones is 1. The van der Waals surface area contributed by atoms with E-state index < -0.39 is 0 Å². The Morgan fingerprint density at radius 1 is 0.697 bits per heavy atom. The molecule has 0 aliphatic carbocycles. The number of aromatic nitrogens is 2. The van der Waals surface area contributed by atoms with E-state index in [9.17, 15) is 4.79 Å². The van der Waals surface area contributed by atoms with Crippen LogP contribution in [0.2, 0.25) is 0 Å². The van der Waals surface area contributed by atoms with Crippen LogP contribution in [0.4, 0.5) is 0 Å². The van der Waals surface area contributed by atoms with Gasteiger partial charge in [0.2, 0.25) is 0 Å². The van der Waals surface area contributed by atoms with Gasteiger partial charge in [-0.1, -0.05) is 81.4 Å². The minimum Gasteiger partial charge on any atom is -0.350 e. The Balaban J connectivity index is 1.73. The van der Waals surface area contributed by atoms with Crippen LogP contribution in [-0.2, 0) is 19.5 Å². The minimum absolute atomic E-state index is 0.0479. The molecule has 0 fully saturated rings. The van der Waals surface area contributed by atoms with Gasteiger partial charge < -0.3 is 9.13 Å². The number of carbonyl (C=O) groups is 1. The smallest absolute Gasteiger partial charge is 0.174 e. The van der Waals surface area contributed by atoms with Gasteiger partial charge in [-0.05, 0) is 34.2 Å². The van der Waals surface area contributed by atoms with Crippen LogP contribution >= 0.6 is 0 Å². The van der Waals surface area contributed by atoms with Crippen molar-refractivity contribution >= 4 is 27.6 Å². The second kappa shape index (κ2) is 7.77. The van der Waals surface area contributed by atoms with Gasteiger partial charge in [0.15, 0.2) is 5.78 Å². The second-order valence-corrected chi connectivity index (χ2v) is 10.0. The van der Waals surface area contributed by atoms with Crippen molar-refractivity contribution in [2.24, 2.45) is 14.1 Å². The highest BCUT2D eigenvalue weighted by Gasteiger charge is 2.30. The molecule has 2 aromatic heterocycles. The molecule has 0 saturated carbocycles. The first-order valence-electron chi connectivity index (χ1n) is 11.5. The molecule has 0 bridgehead atoms. The number of hydrogen-bond donors (Lipinski definition) is 0. The predicted molar refractivity (Wildman–Crippen MR) is 137 cm³/mol. The Hall–Kier alpha value is -3.59. The third-order valence-corrected chi connectivity index (χ3v) is 6.78. The van der Waals surface area contributed by atoms with Crippen LogP contribution in [0.3, 0.4) is 0 Å². The van der Waals surface area contributed by atoms with Crippen LogP contribution in [0.25, 0.3) is 21.8 Å². The van der Waals surface area contributed by atoms with Crippen molar-refractivity contribution in [2.45, 2.75) is 32.1 Å². The maximum absolute atomic E-state index is 14.2. The van der Waals surface area contributed by atoms with Crippen molar-refractivity contribution < 1.29 is 4.79 Å². The summed E-state index contributed by atoms with van der Waals surface area (Å²) in [7, 11) is 4.10. The molecule has 0 unspecified atom stereocenters. The summed E-state index contributed by atoms with van der Waals surface area (Å²) in [6.45, 7) is 6.58. The molecule has 3 nitrogen and oxygen atoms in total. The highest BCUT2D eigenvalue weighted by Crippen LogP contribution is 2.38. The topological polar surface area (TPSA) is 26.9 Å². The van der Waals surface area contributed by atoms with Crippen LogP contribution in [0.15, 0.2) is 85.2 Å². The quantitative estimate of drug-likeness (QED) is 0.280. The van der Waals surface area contributed by atoms with Crippen LogP contribution in [0.5, 0.6) is 0 Å². The van der Waals surface area contributed by atoms with E-state index in [-0.39, 0.29) is 17.1 Å². The largest absolute Gasteiger partial charge is 0.350 e. The molecule has 0 aliphatic heterocycles. The number of benzene rings is 3. The monoisotopic (exact) mass is 434 g/mol. The molecule has 33 heavy (non-hydrogen) atoms. The van der Waals surface area contributed by atoms with Crippen molar-refractivity contribution in [3.8, 4) is 0 Å². The summed E-state index contributed by atoms with van der Waals surface area (Å²) < 4.78 is 4.25. The number of fused-ring (bicyclic) bond motifs is 2. The number of rotatable bonds is 4. The van der Waals surface area contributed by atoms with Gasteiger partial charge in [0, 0.05) is 53.9 Å². The average molecular weight is 435 g/mol. The minimum atomic E-state index is -0.386. The molecule has 3 aromatic carbocycles. The molecule has 0 atom stereocenters. The Morgan fingerprint density at radius 3 is 1.61 bits per heavy atom. The van der Waals surface area contributed by atoms with Gasteiger partial charge in [0.25, 0.3) is 0 Å². The zero-order valence-corrected chi connectivity index (χ0v) is 20.0. The van der Waals surface area contributed by atoms with E-state index in [2.05, 4.69) is 105 Å². The van der Waals surface area contributed by atoms with Gasteiger partial charge in [0.05, 0.1) is 5.92 Å². The summed E-state index contributed by atoms with van der Waals surface area (Å²) in [5.41, 5.74) is 6.39. The molecule has 0 spiro atoms. The van der Waals surface area contributed by atoms with Gasteiger partial charge in [-0.25, -0.2) is 0 Å². The fourth-order valence-corrected chi connectivity index (χ4v) is 4.96. The number of aryl methyl sites for hydroxylation is 2. The summed E-state index contributed by atoms with van der Waals surface area (Å²) >= 11 is 0. The van der Waals surface area contributed by atoms with Crippen molar-refractivity contribution in [3.63, 3.8) is 0 Å². The molecule has 5 rings (SSSR count). The molecule has 5 aromatic rings. The van der Waals surface area contributed by atoms with Gasteiger partial charge >= 0.3 is 0 Å². The Morgan fingerprint density at radius 2 is 1.15 bits per heavy atom. The maximum atomic E-state index is 14.2. The highest BCUT2D eigenvalue weighted by molar-refractivity contribution is 6.07. The van der Waals surface area contributed by atoms with Gasteiger partial charge in [-0.2, -0.15) is 0 Å². The second-order valence-electron chi connectivity index (χ2n) is 10.0. The molecule has 0 radical (unpaired) electrons. The average Bonchev–Trinajstić information content (AvgIpc) is 3.31. The van der Waals surface area contributed by atoms with E-state index in [1.165, 1.54) is 5.56 Å². The summed E-state index contributed by atoms with van der Waals surface area (Å²) in [6, 6.07) is 24.8. The molecular weight excluding hydrogens is 404 g/mol. The van der Waals surface area contributed by atoms with Crippen LogP contribution < -0.4 is 0 Å². The van der Waals surface area contributed by atoms with Gasteiger partial charge in [-0.3, -0.25) is 4.79 Å². The van der Waals surface area contributed by atoms with Crippen LogP contribution in [0.1, 0.15) is 53.7 Å². The number of nitrogens with zero attached hydrogens (tertiary/aromatic N) is 2. The highest BCUT2D eigenvalue weighted by atomic mass is 16.1. The summed E-state index contributed by atoms with van der Waals surface area (Å²) in [6.07, 6.45) is 4.25. The molecule has 166 valence electrons. The van der Waals surface area contributed by atoms with E-state index in [4.69, 9.17) is 0 Å². The summed E-state index contributed by atoms with van der Waals surface area (Å²) in [5, 5.41) is 2.25. The fraction of sp³-hybridized carbons (Fsp3) is 0.233. The van der Waals surface area contributed by atoms with Crippen molar-refractivity contribution in [1.82, 2.24) is 9.13 Å². The molecule has 0 amide bonds. The van der Waals surface area contributed by atoms with Crippen LogP contribution in [-0.4, -0.2) is 14.9 Å². The molecule has 3 heteroatoms. The van der Waals surface area contributed by atoms with E-state index in [1.807, 2.05) is 24.3 Å². The molecular formula is C30H30N2O. The first kappa shape index (κ1) is 21.3. The lowest BCUT2D eigenvalue weighted by molar-refractivity contribution is 0.0974. The zero-order chi connectivity index (χ0) is 23.3. The first-order chi connectivity index (χ1) is 15.8. The molecule has 0 aliphatic rings. The first-order valence-corrected chi connectivity index (χ1v) is 11.5. The van der Waals surface area contributed by atoms with Crippen molar-refractivity contribution in [3.05, 3.63) is 107 Å². The lowest BCUT2D eigenvalue weighted by Gasteiger charge is -2.20. The van der Waals surface area contributed by atoms with Gasteiger partial charge in [0.1, 0.15) is 0 Å². The van der Waals surface area contributed by atoms with Crippen LogP contribution in [0, 0.1) is 0 Å². The summed E-state index contributed by atoms with van der Waals surface area (Å²) in [4.78, 5) is 14.2. The SMILES string of the molecule is Cn1cc(C(C(=O)c2ccc(C(C)(C)C)cc2)c2cn(C)c3ccccc23)c2ccccc21.